The average Bonchev–Trinajstić information content (AvgIpc) is 3.04. The normalized spacial score (nSPS) is 14.9. The number of likely N-dealkylation sites (N-methyl/N-ethyl adjacent to an activating group) is 1. The minimum Gasteiger partial charge on any atom is -0.379 e. The van der Waals surface area contributed by atoms with Crippen LogP contribution in [0.2, 0.25) is 0 Å². The van der Waals surface area contributed by atoms with Crippen LogP contribution in [0, 0.1) is 5.92 Å². The van der Waals surface area contributed by atoms with Crippen LogP contribution >= 0.6 is 0 Å². The summed E-state index contributed by atoms with van der Waals surface area (Å²) < 4.78 is 5.44. The maximum absolute atomic E-state index is 11.5. The van der Waals surface area contributed by atoms with E-state index in [1.54, 1.807) is 11.9 Å². The Balaban J connectivity index is 2.00. The molecule has 0 spiro atoms. The van der Waals surface area contributed by atoms with Gasteiger partial charge in [-0.2, -0.15) is 0 Å². The molecule has 1 aliphatic carbocycles. The van der Waals surface area contributed by atoms with Gasteiger partial charge >= 0.3 is 0 Å². The van der Waals surface area contributed by atoms with Gasteiger partial charge in [-0.05, 0) is 25.7 Å². The first-order valence-electron chi connectivity index (χ1n) is 5.90. The number of nitrogens with zero attached hydrogens (tertiary/aromatic N) is 1. The van der Waals surface area contributed by atoms with Crippen LogP contribution in [0.25, 0.3) is 0 Å². The lowest BCUT2D eigenvalue weighted by Crippen LogP contribution is -2.30. The van der Waals surface area contributed by atoms with Gasteiger partial charge in [0.15, 0.2) is 0 Å². The Hall–Kier alpha value is -0.900. The molecule has 0 aromatic heterocycles. The molecule has 0 heterocycles. The Morgan fingerprint density at radius 1 is 1.31 bits per heavy atom. The fourth-order valence-corrected chi connectivity index (χ4v) is 1.33. The van der Waals surface area contributed by atoms with Crippen LogP contribution in [-0.4, -0.2) is 43.4 Å². The Labute approximate surface area is 96.9 Å². The van der Waals surface area contributed by atoms with Crippen molar-refractivity contribution in [2.24, 2.45) is 5.92 Å². The van der Waals surface area contributed by atoms with E-state index in [1.165, 1.54) is 19.8 Å². The summed E-state index contributed by atoms with van der Waals surface area (Å²) in [5, 5.41) is 0. The molecule has 1 amide bonds. The predicted octanol–water partition coefficient (Wildman–Crippen LogP) is 1.24. The van der Waals surface area contributed by atoms with E-state index in [-0.39, 0.29) is 11.7 Å². The summed E-state index contributed by atoms with van der Waals surface area (Å²) >= 11 is 0. The van der Waals surface area contributed by atoms with Crippen molar-refractivity contribution in [2.45, 2.75) is 32.6 Å². The van der Waals surface area contributed by atoms with E-state index in [0.29, 0.717) is 26.0 Å². The third kappa shape index (κ3) is 5.85. The monoisotopic (exact) mass is 227 g/mol. The molecule has 0 N–H and O–H groups in total. The molecule has 0 aliphatic heterocycles. The van der Waals surface area contributed by atoms with E-state index in [4.69, 9.17) is 4.74 Å². The van der Waals surface area contributed by atoms with Gasteiger partial charge in [-0.15, -0.1) is 0 Å². The number of carbonyl (C=O) groups excluding carboxylic acids is 2. The highest BCUT2D eigenvalue weighted by atomic mass is 16.5. The maximum atomic E-state index is 11.5. The minimum atomic E-state index is 0.0187. The van der Waals surface area contributed by atoms with Crippen molar-refractivity contribution in [1.82, 2.24) is 4.90 Å². The molecule has 92 valence electrons. The molecule has 0 saturated heterocycles. The molecular formula is C12H21NO3. The Bertz CT molecular complexity index is 249. The summed E-state index contributed by atoms with van der Waals surface area (Å²) in [5.74, 6) is 0.843. The molecule has 1 fully saturated rings. The first kappa shape index (κ1) is 13.2. The number of Topliss-reactive ketones (excluding diaryl/α,β-unsaturated/α-hetero) is 1. The SMILES string of the molecule is CC(=O)CCC(=O)N(C)CCOCC1CC1. The second-order valence-corrected chi connectivity index (χ2v) is 4.54. The van der Waals surface area contributed by atoms with E-state index in [9.17, 15) is 9.59 Å². The molecule has 0 aromatic carbocycles. The largest absolute Gasteiger partial charge is 0.379 e. The second kappa shape index (κ2) is 6.63. The molecule has 0 bridgehead atoms. The topological polar surface area (TPSA) is 46.6 Å². The van der Waals surface area contributed by atoms with Crippen molar-refractivity contribution in [3.05, 3.63) is 0 Å². The van der Waals surface area contributed by atoms with Gasteiger partial charge in [0.05, 0.1) is 6.61 Å². The van der Waals surface area contributed by atoms with Gasteiger partial charge < -0.3 is 14.4 Å². The predicted molar refractivity (Wildman–Crippen MR) is 61.1 cm³/mol. The van der Waals surface area contributed by atoms with Crippen LogP contribution in [0.4, 0.5) is 0 Å². The highest BCUT2D eigenvalue weighted by Crippen LogP contribution is 2.28. The van der Waals surface area contributed by atoms with E-state index >= 15 is 0 Å². The van der Waals surface area contributed by atoms with E-state index < -0.39 is 0 Å². The summed E-state index contributed by atoms with van der Waals surface area (Å²) in [6.45, 7) is 3.55. The Morgan fingerprint density at radius 2 is 2.00 bits per heavy atom. The zero-order chi connectivity index (χ0) is 12.0. The maximum Gasteiger partial charge on any atom is 0.222 e. The van der Waals surface area contributed by atoms with Crippen LogP contribution in [0.1, 0.15) is 32.6 Å². The Kier molecular flexibility index (Phi) is 5.46. The first-order valence-corrected chi connectivity index (χ1v) is 5.90. The third-order valence-electron chi connectivity index (χ3n) is 2.74. The average molecular weight is 227 g/mol. The van der Waals surface area contributed by atoms with E-state index in [2.05, 4.69) is 0 Å². The molecule has 4 nitrogen and oxygen atoms in total. The van der Waals surface area contributed by atoms with Gasteiger partial charge in [-0.25, -0.2) is 0 Å². The zero-order valence-corrected chi connectivity index (χ0v) is 10.2. The van der Waals surface area contributed by atoms with Crippen LogP contribution in [0.15, 0.2) is 0 Å². The second-order valence-electron chi connectivity index (χ2n) is 4.54. The summed E-state index contributed by atoms with van der Waals surface area (Å²) in [7, 11) is 1.75. The lowest BCUT2D eigenvalue weighted by atomic mass is 10.2. The van der Waals surface area contributed by atoms with Gasteiger partial charge in [0, 0.05) is 33.0 Å². The molecule has 16 heavy (non-hydrogen) atoms. The number of hydrogen-bond acceptors (Lipinski definition) is 3. The number of carbonyl (C=O) groups is 2. The first-order chi connectivity index (χ1) is 7.59. The van der Waals surface area contributed by atoms with E-state index in [1.807, 2.05) is 0 Å². The molecule has 0 radical (unpaired) electrons. The number of ether oxygens (including phenoxy) is 1. The molecule has 1 aliphatic rings. The van der Waals surface area contributed by atoms with Crippen molar-refractivity contribution in [3.63, 3.8) is 0 Å². The smallest absolute Gasteiger partial charge is 0.222 e. The molecule has 1 rings (SSSR count). The number of rotatable bonds is 8. The molecular weight excluding hydrogens is 206 g/mol. The fraction of sp³-hybridized carbons (Fsp3) is 0.833. The fourth-order valence-electron chi connectivity index (χ4n) is 1.33. The van der Waals surface area contributed by atoms with Gasteiger partial charge in [0.25, 0.3) is 0 Å². The molecule has 0 atom stereocenters. The van der Waals surface area contributed by atoms with Crippen LogP contribution < -0.4 is 0 Å². The molecule has 1 saturated carbocycles. The van der Waals surface area contributed by atoms with E-state index in [0.717, 1.165) is 12.5 Å². The van der Waals surface area contributed by atoms with Gasteiger partial charge in [-0.3, -0.25) is 4.79 Å². The highest BCUT2D eigenvalue weighted by Gasteiger charge is 2.21. The van der Waals surface area contributed by atoms with Gasteiger partial charge in [-0.1, -0.05) is 0 Å². The van der Waals surface area contributed by atoms with Crippen molar-refractivity contribution in [3.8, 4) is 0 Å². The number of ketones is 1. The van der Waals surface area contributed by atoms with Gasteiger partial charge in [0.2, 0.25) is 5.91 Å². The summed E-state index contributed by atoms with van der Waals surface area (Å²) in [6, 6.07) is 0. The Morgan fingerprint density at radius 3 is 2.56 bits per heavy atom. The lowest BCUT2D eigenvalue weighted by Gasteiger charge is -2.16. The molecule has 4 heteroatoms. The van der Waals surface area contributed by atoms with Crippen LogP contribution in [0.5, 0.6) is 0 Å². The molecule has 0 aromatic rings. The zero-order valence-electron chi connectivity index (χ0n) is 10.2. The molecule has 0 unspecified atom stereocenters. The summed E-state index contributed by atoms with van der Waals surface area (Å²) in [5.41, 5.74) is 0. The lowest BCUT2D eigenvalue weighted by molar-refractivity contribution is -0.132. The number of amides is 1. The summed E-state index contributed by atoms with van der Waals surface area (Å²) in [4.78, 5) is 23.9. The summed E-state index contributed by atoms with van der Waals surface area (Å²) in [6.07, 6.45) is 3.22. The van der Waals surface area contributed by atoms with Gasteiger partial charge in [0.1, 0.15) is 5.78 Å². The minimum absolute atomic E-state index is 0.0187. The van der Waals surface area contributed by atoms with Crippen molar-refractivity contribution >= 4 is 11.7 Å². The highest BCUT2D eigenvalue weighted by molar-refractivity contribution is 5.83. The number of hydrogen-bond donors (Lipinski definition) is 0. The van der Waals surface area contributed by atoms with Crippen LogP contribution in [0.3, 0.4) is 0 Å². The van der Waals surface area contributed by atoms with Crippen molar-refractivity contribution in [1.29, 1.82) is 0 Å². The standard InChI is InChI=1S/C12H21NO3/c1-10(14)3-6-12(15)13(2)7-8-16-9-11-4-5-11/h11H,3-9H2,1-2H3. The van der Waals surface area contributed by atoms with Crippen molar-refractivity contribution < 1.29 is 14.3 Å². The van der Waals surface area contributed by atoms with Crippen molar-refractivity contribution in [2.75, 3.05) is 26.8 Å². The quantitative estimate of drug-likeness (QED) is 0.586. The third-order valence-corrected chi connectivity index (χ3v) is 2.74. The van der Waals surface area contributed by atoms with Crippen LogP contribution in [-0.2, 0) is 14.3 Å².